The highest BCUT2D eigenvalue weighted by molar-refractivity contribution is 9.10. The van der Waals surface area contributed by atoms with Crippen LogP contribution in [0.5, 0.6) is 11.5 Å². The molecule has 0 atom stereocenters. The van der Waals surface area contributed by atoms with Crippen molar-refractivity contribution < 1.29 is 13.9 Å². The average molecular weight is 408 g/mol. The lowest BCUT2D eigenvalue weighted by atomic mass is 10.2. The summed E-state index contributed by atoms with van der Waals surface area (Å²) in [5.74, 6) is -0.0161. The lowest BCUT2D eigenvalue weighted by Gasteiger charge is -2.10. The third kappa shape index (κ3) is 3.35. The SMILES string of the molecule is O=Cc1cc(Br)ccc1Oc1cc(F)c(Cl)cc1Br. The Morgan fingerprint density at radius 3 is 2.58 bits per heavy atom. The number of hydrogen-bond donors (Lipinski definition) is 0. The fraction of sp³-hybridized carbons (Fsp3) is 0. The second kappa shape index (κ2) is 6.03. The van der Waals surface area contributed by atoms with Gasteiger partial charge in [0.1, 0.15) is 17.3 Å². The first-order valence-electron chi connectivity index (χ1n) is 5.08. The Morgan fingerprint density at radius 1 is 1.16 bits per heavy atom. The van der Waals surface area contributed by atoms with Crippen molar-refractivity contribution in [3.8, 4) is 11.5 Å². The summed E-state index contributed by atoms with van der Waals surface area (Å²) in [6.45, 7) is 0. The highest BCUT2D eigenvalue weighted by Gasteiger charge is 2.11. The van der Waals surface area contributed by atoms with Crippen molar-refractivity contribution in [1.29, 1.82) is 0 Å². The molecule has 0 aliphatic rings. The summed E-state index contributed by atoms with van der Waals surface area (Å²) in [6, 6.07) is 7.51. The fourth-order valence-electron chi connectivity index (χ4n) is 1.41. The van der Waals surface area contributed by atoms with Gasteiger partial charge in [-0.3, -0.25) is 4.79 Å². The Morgan fingerprint density at radius 2 is 1.89 bits per heavy atom. The van der Waals surface area contributed by atoms with Crippen LogP contribution in [0, 0.1) is 5.82 Å². The summed E-state index contributed by atoms with van der Waals surface area (Å²) in [4.78, 5) is 11.0. The maximum atomic E-state index is 13.4. The Bertz CT molecular complexity index is 647. The molecule has 0 saturated carbocycles. The van der Waals surface area contributed by atoms with Gasteiger partial charge in [0.05, 0.1) is 15.1 Å². The van der Waals surface area contributed by atoms with Gasteiger partial charge in [0.2, 0.25) is 0 Å². The Kier molecular flexibility index (Phi) is 4.60. The van der Waals surface area contributed by atoms with Crippen LogP contribution in [-0.2, 0) is 0 Å². The first-order chi connectivity index (χ1) is 9.01. The van der Waals surface area contributed by atoms with Gasteiger partial charge in [0.25, 0.3) is 0 Å². The molecular formula is C13H6Br2ClFO2. The molecule has 98 valence electrons. The van der Waals surface area contributed by atoms with E-state index in [1.54, 1.807) is 18.2 Å². The first kappa shape index (κ1) is 14.5. The van der Waals surface area contributed by atoms with Crippen LogP contribution in [0.2, 0.25) is 5.02 Å². The number of carbonyl (C=O) groups is 1. The van der Waals surface area contributed by atoms with Crippen molar-refractivity contribution in [3.63, 3.8) is 0 Å². The maximum Gasteiger partial charge on any atom is 0.153 e. The summed E-state index contributed by atoms with van der Waals surface area (Å²) in [6.07, 6.45) is 0.667. The first-order valence-corrected chi connectivity index (χ1v) is 7.05. The third-order valence-electron chi connectivity index (χ3n) is 2.29. The molecule has 0 aliphatic carbocycles. The van der Waals surface area contributed by atoms with E-state index in [9.17, 15) is 9.18 Å². The number of benzene rings is 2. The van der Waals surface area contributed by atoms with Crippen molar-refractivity contribution in [3.05, 3.63) is 55.7 Å². The number of rotatable bonds is 3. The molecule has 0 aromatic heterocycles. The largest absolute Gasteiger partial charge is 0.455 e. The van der Waals surface area contributed by atoms with Gasteiger partial charge in [-0.1, -0.05) is 27.5 Å². The summed E-state index contributed by atoms with van der Waals surface area (Å²) in [5.41, 5.74) is 0.358. The monoisotopic (exact) mass is 406 g/mol. The van der Waals surface area contributed by atoms with Gasteiger partial charge in [0, 0.05) is 10.5 Å². The van der Waals surface area contributed by atoms with E-state index in [0.717, 1.165) is 10.5 Å². The van der Waals surface area contributed by atoms with Crippen LogP contribution in [0.25, 0.3) is 0 Å². The Balaban J connectivity index is 2.41. The zero-order chi connectivity index (χ0) is 14.0. The number of hydrogen-bond acceptors (Lipinski definition) is 2. The van der Waals surface area contributed by atoms with Crippen molar-refractivity contribution in [2.24, 2.45) is 0 Å². The quantitative estimate of drug-likeness (QED) is 0.488. The molecule has 6 heteroatoms. The lowest BCUT2D eigenvalue weighted by molar-refractivity contribution is 0.112. The van der Waals surface area contributed by atoms with Gasteiger partial charge < -0.3 is 4.74 Å². The maximum absolute atomic E-state index is 13.4. The molecule has 0 amide bonds. The highest BCUT2D eigenvalue weighted by Crippen LogP contribution is 2.35. The molecule has 0 N–H and O–H groups in total. The molecule has 0 radical (unpaired) electrons. The Hall–Kier alpha value is -0.910. The third-order valence-corrected chi connectivity index (χ3v) is 3.70. The van der Waals surface area contributed by atoms with E-state index in [2.05, 4.69) is 31.9 Å². The predicted octanol–water partition coefficient (Wildman–Crippen LogP) is 5.61. The molecule has 0 heterocycles. The standard InChI is InChI=1S/C13H6Br2ClFO2/c14-8-1-2-12(7(3-8)6-18)19-13-5-11(17)10(16)4-9(13)15/h1-6H. The molecule has 0 unspecified atom stereocenters. The van der Waals surface area contributed by atoms with Crippen molar-refractivity contribution in [2.75, 3.05) is 0 Å². The fourth-order valence-corrected chi connectivity index (χ4v) is 2.50. The van der Waals surface area contributed by atoms with E-state index in [0.29, 0.717) is 22.1 Å². The van der Waals surface area contributed by atoms with Crippen LogP contribution in [-0.4, -0.2) is 6.29 Å². The van der Waals surface area contributed by atoms with Crippen LogP contribution in [0.3, 0.4) is 0 Å². The summed E-state index contributed by atoms with van der Waals surface area (Å²) in [5, 5.41) is -0.00866. The molecule has 2 nitrogen and oxygen atoms in total. The topological polar surface area (TPSA) is 26.3 Å². The number of halogens is 4. The number of carbonyl (C=O) groups excluding carboxylic acids is 1. The summed E-state index contributed by atoms with van der Waals surface area (Å²) < 4.78 is 20.2. The lowest BCUT2D eigenvalue weighted by Crippen LogP contribution is -1.92. The van der Waals surface area contributed by atoms with E-state index in [1.807, 2.05) is 0 Å². The van der Waals surface area contributed by atoms with Gasteiger partial charge in [-0.05, 0) is 40.2 Å². The van der Waals surface area contributed by atoms with Crippen LogP contribution in [0.1, 0.15) is 10.4 Å². The van der Waals surface area contributed by atoms with Crippen LogP contribution >= 0.6 is 43.5 Å². The highest BCUT2D eigenvalue weighted by atomic mass is 79.9. The van der Waals surface area contributed by atoms with E-state index in [4.69, 9.17) is 16.3 Å². The molecule has 2 aromatic rings. The number of aldehydes is 1. The molecule has 19 heavy (non-hydrogen) atoms. The van der Waals surface area contributed by atoms with Gasteiger partial charge in [-0.15, -0.1) is 0 Å². The Labute approximate surface area is 130 Å². The molecule has 2 aromatic carbocycles. The molecule has 0 saturated heterocycles. The molecule has 0 fully saturated rings. The van der Waals surface area contributed by atoms with Crippen molar-refractivity contribution in [1.82, 2.24) is 0 Å². The zero-order valence-corrected chi connectivity index (χ0v) is 13.2. The van der Waals surface area contributed by atoms with Crippen LogP contribution in [0.15, 0.2) is 39.3 Å². The summed E-state index contributed by atoms with van der Waals surface area (Å²) >= 11 is 12.1. The van der Waals surface area contributed by atoms with E-state index >= 15 is 0 Å². The molecule has 2 rings (SSSR count). The minimum atomic E-state index is -0.593. The molecule has 0 aliphatic heterocycles. The zero-order valence-electron chi connectivity index (χ0n) is 9.29. The van der Waals surface area contributed by atoms with E-state index < -0.39 is 5.82 Å². The van der Waals surface area contributed by atoms with Crippen LogP contribution < -0.4 is 4.74 Å². The minimum Gasteiger partial charge on any atom is -0.455 e. The predicted molar refractivity (Wildman–Crippen MR) is 78.7 cm³/mol. The average Bonchev–Trinajstić information content (AvgIpc) is 2.37. The molecule has 0 bridgehead atoms. The second-order valence-corrected chi connectivity index (χ2v) is 5.78. The van der Waals surface area contributed by atoms with Gasteiger partial charge in [-0.25, -0.2) is 4.39 Å². The minimum absolute atomic E-state index is 0.00866. The summed E-state index contributed by atoms with van der Waals surface area (Å²) in [7, 11) is 0. The second-order valence-electron chi connectivity index (χ2n) is 3.60. The van der Waals surface area contributed by atoms with Gasteiger partial charge in [-0.2, -0.15) is 0 Å². The van der Waals surface area contributed by atoms with Gasteiger partial charge in [0.15, 0.2) is 6.29 Å². The molecule has 0 spiro atoms. The smallest absolute Gasteiger partial charge is 0.153 e. The van der Waals surface area contributed by atoms with E-state index in [-0.39, 0.29) is 10.8 Å². The molecular weight excluding hydrogens is 402 g/mol. The number of ether oxygens (including phenoxy) is 1. The van der Waals surface area contributed by atoms with Crippen molar-refractivity contribution >= 4 is 49.7 Å². The van der Waals surface area contributed by atoms with Gasteiger partial charge >= 0.3 is 0 Å². The van der Waals surface area contributed by atoms with Crippen LogP contribution in [0.4, 0.5) is 4.39 Å². The van der Waals surface area contributed by atoms with Crippen molar-refractivity contribution in [2.45, 2.75) is 0 Å². The van der Waals surface area contributed by atoms with E-state index in [1.165, 1.54) is 6.07 Å². The normalized spacial score (nSPS) is 10.3.